The number of rotatable bonds is 4. The van der Waals surface area contributed by atoms with Crippen LogP contribution in [-0.2, 0) is 11.3 Å². The molecule has 1 N–H and O–H groups in total. The normalized spacial score (nSPS) is 10.9. The molecular formula is C22H15Cl2N3O3. The van der Waals surface area contributed by atoms with Crippen molar-refractivity contribution in [1.29, 1.82) is 0 Å². The number of hydrogen-bond donors (Lipinski definition) is 1. The maximum absolute atomic E-state index is 13.3. The molecule has 1 amide bonds. The highest BCUT2D eigenvalue weighted by atomic mass is 35.5. The van der Waals surface area contributed by atoms with E-state index in [2.05, 4.69) is 5.32 Å². The van der Waals surface area contributed by atoms with Gasteiger partial charge in [0.2, 0.25) is 5.91 Å². The summed E-state index contributed by atoms with van der Waals surface area (Å²) in [5.74, 6) is -0.396. The number of hydrogen-bond acceptors (Lipinski definition) is 3. The van der Waals surface area contributed by atoms with Gasteiger partial charge in [0.25, 0.3) is 5.56 Å². The van der Waals surface area contributed by atoms with E-state index in [4.69, 9.17) is 23.2 Å². The van der Waals surface area contributed by atoms with Crippen molar-refractivity contribution in [3.63, 3.8) is 0 Å². The SMILES string of the molecule is O=C(Cn1c(=O)n(-c2ccc(Cl)c(Cl)c2)c(=O)c2ccccc21)Nc1ccccc1. The third kappa shape index (κ3) is 3.75. The summed E-state index contributed by atoms with van der Waals surface area (Å²) in [5.41, 5.74) is 0.0843. The van der Waals surface area contributed by atoms with Gasteiger partial charge in [-0.3, -0.25) is 14.2 Å². The molecule has 0 aliphatic carbocycles. The van der Waals surface area contributed by atoms with Crippen molar-refractivity contribution in [2.45, 2.75) is 6.54 Å². The number of amides is 1. The van der Waals surface area contributed by atoms with Crippen LogP contribution in [0.25, 0.3) is 16.6 Å². The first-order valence-electron chi connectivity index (χ1n) is 9.00. The van der Waals surface area contributed by atoms with E-state index in [1.54, 1.807) is 48.5 Å². The van der Waals surface area contributed by atoms with Crippen LogP contribution >= 0.6 is 23.2 Å². The van der Waals surface area contributed by atoms with Gasteiger partial charge in [0.1, 0.15) is 6.54 Å². The predicted octanol–water partition coefficient (Wildman–Crippen LogP) is 4.10. The summed E-state index contributed by atoms with van der Waals surface area (Å²) in [6.45, 7) is -0.268. The fourth-order valence-electron chi connectivity index (χ4n) is 3.19. The summed E-state index contributed by atoms with van der Waals surface area (Å²) in [4.78, 5) is 38.9. The Morgan fingerprint density at radius 2 is 1.57 bits per heavy atom. The number of aromatic nitrogens is 2. The molecule has 0 saturated heterocycles. The van der Waals surface area contributed by atoms with Crippen molar-refractivity contribution < 1.29 is 4.79 Å². The molecule has 3 aromatic carbocycles. The molecule has 0 aliphatic rings. The van der Waals surface area contributed by atoms with Gasteiger partial charge < -0.3 is 5.32 Å². The second-order valence-electron chi connectivity index (χ2n) is 6.54. The smallest absolute Gasteiger partial charge is 0.325 e. The minimum atomic E-state index is -0.652. The minimum Gasteiger partial charge on any atom is -0.325 e. The lowest BCUT2D eigenvalue weighted by Crippen LogP contribution is -2.40. The van der Waals surface area contributed by atoms with Gasteiger partial charge >= 0.3 is 5.69 Å². The number of benzene rings is 3. The summed E-state index contributed by atoms with van der Waals surface area (Å²) >= 11 is 12.0. The van der Waals surface area contributed by atoms with Crippen LogP contribution in [-0.4, -0.2) is 15.0 Å². The highest BCUT2D eigenvalue weighted by molar-refractivity contribution is 6.42. The Bertz CT molecular complexity index is 1380. The molecule has 6 nitrogen and oxygen atoms in total. The number of para-hydroxylation sites is 2. The van der Waals surface area contributed by atoms with Crippen molar-refractivity contribution in [3.8, 4) is 5.69 Å². The second-order valence-corrected chi connectivity index (χ2v) is 7.35. The van der Waals surface area contributed by atoms with E-state index in [1.807, 2.05) is 6.07 Å². The molecule has 0 spiro atoms. The van der Waals surface area contributed by atoms with Gasteiger partial charge in [-0.25, -0.2) is 9.36 Å². The van der Waals surface area contributed by atoms with Gasteiger partial charge in [-0.15, -0.1) is 0 Å². The number of nitrogens with one attached hydrogen (secondary N) is 1. The maximum Gasteiger partial charge on any atom is 0.336 e. The monoisotopic (exact) mass is 439 g/mol. The van der Waals surface area contributed by atoms with Crippen LogP contribution in [0.3, 0.4) is 0 Å². The Hall–Kier alpha value is -3.35. The van der Waals surface area contributed by atoms with Gasteiger partial charge in [0, 0.05) is 5.69 Å². The third-order valence-electron chi connectivity index (χ3n) is 4.57. The van der Waals surface area contributed by atoms with Crippen LogP contribution < -0.4 is 16.6 Å². The molecule has 4 rings (SSSR count). The Morgan fingerprint density at radius 1 is 0.867 bits per heavy atom. The number of nitrogens with zero attached hydrogens (tertiary/aromatic N) is 2. The molecule has 0 fully saturated rings. The molecule has 30 heavy (non-hydrogen) atoms. The standard InChI is InChI=1S/C22H15Cl2N3O3/c23-17-11-10-15(12-18(17)24)27-21(29)16-8-4-5-9-19(16)26(22(27)30)13-20(28)25-14-6-2-1-3-7-14/h1-12H,13H2,(H,25,28). The third-order valence-corrected chi connectivity index (χ3v) is 5.31. The zero-order chi connectivity index (χ0) is 21.3. The topological polar surface area (TPSA) is 73.1 Å². The van der Waals surface area contributed by atoms with Crippen LogP contribution in [0.4, 0.5) is 5.69 Å². The first-order chi connectivity index (χ1) is 14.5. The van der Waals surface area contributed by atoms with E-state index in [-0.39, 0.29) is 17.3 Å². The zero-order valence-electron chi connectivity index (χ0n) is 15.5. The van der Waals surface area contributed by atoms with Crippen molar-refractivity contribution in [2.24, 2.45) is 0 Å². The molecule has 1 aromatic heterocycles. The van der Waals surface area contributed by atoms with E-state index >= 15 is 0 Å². The average Bonchev–Trinajstić information content (AvgIpc) is 2.74. The maximum atomic E-state index is 13.3. The van der Waals surface area contributed by atoms with Crippen molar-refractivity contribution in [2.75, 3.05) is 5.32 Å². The minimum absolute atomic E-state index is 0.210. The highest BCUT2D eigenvalue weighted by Crippen LogP contribution is 2.23. The second kappa shape index (κ2) is 8.18. The van der Waals surface area contributed by atoms with Crippen LogP contribution in [0, 0.1) is 0 Å². The fraction of sp³-hybridized carbons (Fsp3) is 0.0455. The number of carbonyl (C=O) groups is 1. The van der Waals surface area contributed by atoms with Crippen molar-refractivity contribution in [3.05, 3.63) is 104 Å². The molecule has 0 unspecified atom stereocenters. The Labute approximate surface area is 180 Å². The zero-order valence-corrected chi connectivity index (χ0v) is 17.0. The quantitative estimate of drug-likeness (QED) is 0.520. The van der Waals surface area contributed by atoms with Gasteiger partial charge in [0.15, 0.2) is 0 Å². The van der Waals surface area contributed by atoms with Crippen LogP contribution in [0.15, 0.2) is 82.4 Å². The van der Waals surface area contributed by atoms with Crippen LogP contribution in [0.1, 0.15) is 0 Å². The molecule has 4 aromatic rings. The molecule has 0 atom stereocenters. The lowest BCUT2D eigenvalue weighted by atomic mass is 10.2. The lowest BCUT2D eigenvalue weighted by Gasteiger charge is -2.14. The summed E-state index contributed by atoms with van der Waals surface area (Å²) in [6, 6.07) is 20.0. The van der Waals surface area contributed by atoms with Crippen molar-refractivity contribution >= 4 is 45.7 Å². The van der Waals surface area contributed by atoms with Gasteiger partial charge in [-0.05, 0) is 42.5 Å². The fourth-order valence-corrected chi connectivity index (χ4v) is 3.48. The van der Waals surface area contributed by atoms with E-state index in [9.17, 15) is 14.4 Å². The summed E-state index contributed by atoms with van der Waals surface area (Å²) in [7, 11) is 0. The summed E-state index contributed by atoms with van der Waals surface area (Å²) < 4.78 is 2.25. The summed E-state index contributed by atoms with van der Waals surface area (Å²) in [5, 5.41) is 3.56. The Morgan fingerprint density at radius 3 is 2.30 bits per heavy atom. The molecular weight excluding hydrogens is 425 g/mol. The van der Waals surface area contributed by atoms with E-state index in [1.165, 1.54) is 22.8 Å². The van der Waals surface area contributed by atoms with E-state index in [0.717, 1.165) is 4.57 Å². The van der Waals surface area contributed by atoms with Gasteiger partial charge in [-0.2, -0.15) is 0 Å². The predicted molar refractivity (Wildman–Crippen MR) is 119 cm³/mol. The first-order valence-corrected chi connectivity index (χ1v) is 9.76. The number of anilines is 1. The number of fused-ring (bicyclic) bond motifs is 1. The molecule has 8 heteroatoms. The van der Waals surface area contributed by atoms with E-state index < -0.39 is 17.2 Å². The molecule has 0 aliphatic heterocycles. The highest BCUT2D eigenvalue weighted by Gasteiger charge is 2.17. The Kier molecular flexibility index (Phi) is 5.44. The molecule has 0 saturated carbocycles. The van der Waals surface area contributed by atoms with Gasteiger partial charge in [-0.1, -0.05) is 53.5 Å². The first kappa shape index (κ1) is 19.9. The molecule has 0 radical (unpaired) electrons. The molecule has 150 valence electrons. The average molecular weight is 440 g/mol. The molecule has 1 heterocycles. The number of halogens is 2. The number of carbonyl (C=O) groups excluding carboxylic acids is 1. The van der Waals surface area contributed by atoms with Crippen molar-refractivity contribution in [1.82, 2.24) is 9.13 Å². The van der Waals surface area contributed by atoms with Crippen LogP contribution in [0.2, 0.25) is 10.0 Å². The summed E-state index contributed by atoms with van der Waals surface area (Å²) in [6.07, 6.45) is 0. The molecule has 0 bridgehead atoms. The van der Waals surface area contributed by atoms with E-state index in [0.29, 0.717) is 21.6 Å². The largest absolute Gasteiger partial charge is 0.336 e. The Balaban J connectivity index is 1.86. The lowest BCUT2D eigenvalue weighted by molar-refractivity contribution is -0.116. The van der Waals surface area contributed by atoms with Crippen LogP contribution in [0.5, 0.6) is 0 Å². The van der Waals surface area contributed by atoms with Gasteiger partial charge in [0.05, 0.1) is 26.6 Å².